The van der Waals surface area contributed by atoms with Gasteiger partial charge in [0.25, 0.3) is 11.8 Å². The number of rotatable bonds is 9. The van der Waals surface area contributed by atoms with Crippen LogP contribution in [0, 0.1) is 3.57 Å². The average Bonchev–Trinajstić information content (AvgIpc) is 2.84. The average molecular weight is 571 g/mol. The highest BCUT2D eigenvalue weighted by atomic mass is 127. The van der Waals surface area contributed by atoms with E-state index in [0.717, 1.165) is 3.57 Å². The van der Waals surface area contributed by atoms with Gasteiger partial charge in [-0.25, -0.2) is 10.2 Å². The van der Waals surface area contributed by atoms with Crippen molar-refractivity contribution in [2.75, 3.05) is 13.2 Å². The Bertz CT molecular complexity index is 1180. The fourth-order valence-corrected chi connectivity index (χ4v) is 3.39. The molecule has 2 N–H and O–H groups in total. The number of hydrogen-bond acceptors (Lipinski definition) is 6. The zero-order chi connectivity index (χ0) is 24.3. The number of carbonyl (C=O) groups excluding carboxylic acids is 3. The number of amides is 2. The van der Waals surface area contributed by atoms with E-state index in [2.05, 4.69) is 38.4 Å². The molecule has 0 heterocycles. The zero-order valence-corrected chi connectivity index (χ0v) is 20.4. The maximum Gasteiger partial charge on any atom is 0.343 e. The minimum Gasteiger partial charge on any atom is -0.494 e. The predicted octanol–water partition coefficient (Wildman–Crippen LogP) is 3.79. The molecule has 3 aromatic rings. The van der Waals surface area contributed by atoms with Gasteiger partial charge in [-0.15, -0.1) is 0 Å². The Morgan fingerprint density at radius 3 is 2.29 bits per heavy atom. The molecule has 0 aliphatic heterocycles. The normalized spacial score (nSPS) is 10.5. The quantitative estimate of drug-likeness (QED) is 0.134. The van der Waals surface area contributed by atoms with Gasteiger partial charge in [0.15, 0.2) is 0 Å². The molecule has 0 aliphatic rings. The van der Waals surface area contributed by atoms with Crippen LogP contribution in [0.3, 0.4) is 0 Å². The third kappa shape index (κ3) is 7.41. The maximum atomic E-state index is 12.3. The van der Waals surface area contributed by atoms with Gasteiger partial charge in [0.2, 0.25) is 0 Å². The molecule has 0 saturated carbocycles. The third-order valence-electron chi connectivity index (χ3n) is 4.42. The van der Waals surface area contributed by atoms with Crippen molar-refractivity contribution in [3.05, 3.63) is 93.1 Å². The molecule has 0 saturated heterocycles. The summed E-state index contributed by atoms with van der Waals surface area (Å²) < 4.78 is 11.5. The highest BCUT2D eigenvalue weighted by molar-refractivity contribution is 14.1. The third-order valence-corrected chi connectivity index (χ3v) is 5.36. The van der Waals surface area contributed by atoms with Crippen LogP contribution in [-0.4, -0.2) is 37.1 Å². The molecule has 174 valence electrons. The lowest BCUT2D eigenvalue weighted by molar-refractivity contribution is -0.120. The van der Waals surface area contributed by atoms with E-state index in [1.165, 1.54) is 6.21 Å². The lowest BCUT2D eigenvalue weighted by atomic mass is 10.2. The Morgan fingerprint density at radius 2 is 1.62 bits per heavy atom. The molecule has 3 aromatic carbocycles. The van der Waals surface area contributed by atoms with E-state index in [9.17, 15) is 14.4 Å². The largest absolute Gasteiger partial charge is 0.494 e. The molecule has 0 atom stereocenters. The summed E-state index contributed by atoms with van der Waals surface area (Å²) in [4.78, 5) is 36.3. The number of hydrazone groups is 1. The van der Waals surface area contributed by atoms with Gasteiger partial charge in [-0.2, -0.15) is 5.10 Å². The second kappa shape index (κ2) is 12.5. The molecule has 8 nitrogen and oxygen atoms in total. The number of ether oxygens (including phenoxy) is 2. The van der Waals surface area contributed by atoms with E-state index < -0.39 is 11.9 Å². The van der Waals surface area contributed by atoms with E-state index >= 15 is 0 Å². The molecule has 0 fully saturated rings. The van der Waals surface area contributed by atoms with Crippen molar-refractivity contribution < 1.29 is 23.9 Å². The molecule has 3 rings (SSSR count). The monoisotopic (exact) mass is 571 g/mol. The van der Waals surface area contributed by atoms with Crippen molar-refractivity contribution in [2.24, 2.45) is 5.10 Å². The van der Waals surface area contributed by atoms with Gasteiger partial charge < -0.3 is 14.8 Å². The van der Waals surface area contributed by atoms with Crippen molar-refractivity contribution in [2.45, 2.75) is 6.92 Å². The summed E-state index contributed by atoms with van der Waals surface area (Å²) in [7, 11) is 0. The highest BCUT2D eigenvalue weighted by Crippen LogP contribution is 2.16. The van der Waals surface area contributed by atoms with Crippen LogP contribution >= 0.6 is 22.6 Å². The molecular formula is C25H22IN3O5. The van der Waals surface area contributed by atoms with Gasteiger partial charge in [0, 0.05) is 3.57 Å². The Balaban J connectivity index is 1.45. The number of carbonyl (C=O) groups is 3. The van der Waals surface area contributed by atoms with E-state index in [0.29, 0.717) is 34.8 Å². The molecule has 0 spiro atoms. The van der Waals surface area contributed by atoms with Gasteiger partial charge in [-0.1, -0.05) is 12.1 Å². The van der Waals surface area contributed by atoms with Crippen molar-refractivity contribution in [3.63, 3.8) is 0 Å². The van der Waals surface area contributed by atoms with E-state index in [4.69, 9.17) is 9.47 Å². The molecule has 0 radical (unpaired) electrons. The molecule has 9 heteroatoms. The second-order valence-electron chi connectivity index (χ2n) is 6.87. The zero-order valence-electron chi connectivity index (χ0n) is 18.3. The molecule has 0 unspecified atom stereocenters. The maximum absolute atomic E-state index is 12.3. The summed E-state index contributed by atoms with van der Waals surface area (Å²) in [5.41, 5.74) is 3.95. The second-order valence-corrected chi connectivity index (χ2v) is 8.03. The molecule has 0 aliphatic carbocycles. The molecule has 2 amide bonds. The lowest BCUT2D eigenvalue weighted by Crippen LogP contribution is -2.35. The summed E-state index contributed by atoms with van der Waals surface area (Å²) in [6, 6.07) is 20.4. The fraction of sp³-hybridized carbons (Fsp3) is 0.120. The fourth-order valence-electron chi connectivity index (χ4n) is 2.76. The Hall–Kier alpha value is -3.73. The number of esters is 1. The van der Waals surface area contributed by atoms with Crippen molar-refractivity contribution in [3.8, 4) is 11.5 Å². The number of nitrogens with one attached hydrogen (secondary N) is 2. The van der Waals surface area contributed by atoms with Gasteiger partial charge in [0.1, 0.15) is 11.5 Å². The minimum atomic E-state index is -0.482. The van der Waals surface area contributed by atoms with Crippen LogP contribution in [0.1, 0.15) is 33.2 Å². The summed E-state index contributed by atoms with van der Waals surface area (Å²) >= 11 is 2.06. The topological polar surface area (TPSA) is 106 Å². The minimum absolute atomic E-state index is 0.207. The first-order chi connectivity index (χ1) is 16.5. The van der Waals surface area contributed by atoms with Gasteiger partial charge in [-0.3, -0.25) is 9.59 Å². The van der Waals surface area contributed by atoms with Crippen molar-refractivity contribution in [1.29, 1.82) is 0 Å². The summed E-state index contributed by atoms with van der Waals surface area (Å²) in [5, 5.41) is 6.43. The molecule has 0 bridgehead atoms. The number of nitrogens with zero attached hydrogens (tertiary/aromatic N) is 1. The van der Waals surface area contributed by atoms with Crippen LogP contribution in [0.5, 0.6) is 11.5 Å². The Kier molecular flexibility index (Phi) is 9.15. The SMILES string of the molecule is CCOc1ccc(C(=O)Oc2ccc(/C=N/NC(=O)CNC(=O)c3ccccc3I)cc2)cc1. The van der Waals surface area contributed by atoms with Gasteiger partial charge in [0.05, 0.1) is 30.5 Å². The van der Waals surface area contributed by atoms with Crippen molar-refractivity contribution in [1.82, 2.24) is 10.7 Å². The first-order valence-electron chi connectivity index (χ1n) is 10.4. The first-order valence-corrected chi connectivity index (χ1v) is 11.4. The summed E-state index contributed by atoms with van der Waals surface area (Å²) in [6.45, 7) is 2.23. The number of halogens is 1. The van der Waals surface area contributed by atoms with Crippen LogP contribution in [-0.2, 0) is 4.79 Å². The van der Waals surface area contributed by atoms with Gasteiger partial charge in [-0.05, 0) is 95.7 Å². The van der Waals surface area contributed by atoms with Gasteiger partial charge >= 0.3 is 5.97 Å². The van der Waals surface area contributed by atoms with E-state index in [1.54, 1.807) is 60.7 Å². The van der Waals surface area contributed by atoms with Crippen LogP contribution in [0.2, 0.25) is 0 Å². The summed E-state index contributed by atoms with van der Waals surface area (Å²) in [5.74, 6) is -0.221. The summed E-state index contributed by atoms with van der Waals surface area (Å²) in [6.07, 6.45) is 1.44. The van der Waals surface area contributed by atoms with E-state index in [-0.39, 0.29) is 12.5 Å². The first kappa shape index (κ1) is 24.9. The number of benzene rings is 3. The molecule has 34 heavy (non-hydrogen) atoms. The lowest BCUT2D eigenvalue weighted by Gasteiger charge is -2.06. The molecular weight excluding hydrogens is 549 g/mol. The smallest absolute Gasteiger partial charge is 0.343 e. The standard InChI is InChI=1S/C25H22IN3O5/c1-2-33-19-13-9-18(10-14-19)25(32)34-20-11-7-17(8-12-20)15-28-29-23(30)16-27-24(31)21-5-3-4-6-22(21)26/h3-15H,2,16H2,1H3,(H,27,31)(H,29,30)/b28-15+. The van der Waals surface area contributed by atoms with Crippen LogP contribution in [0.25, 0.3) is 0 Å². The van der Waals surface area contributed by atoms with Crippen LogP contribution in [0.15, 0.2) is 77.9 Å². The number of hydrogen-bond donors (Lipinski definition) is 2. The van der Waals surface area contributed by atoms with Crippen LogP contribution in [0.4, 0.5) is 0 Å². The predicted molar refractivity (Wildman–Crippen MR) is 136 cm³/mol. The highest BCUT2D eigenvalue weighted by Gasteiger charge is 2.11. The van der Waals surface area contributed by atoms with Crippen molar-refractivity contribution >= 4 is 46.6 Å². The van der Waals surface area contributed by atoms with E-state index in [1.807, 2.05) is 19.1 Å². The van der Waals surface area contributed by atoms with Crippen LogP contribution < -0.4 is 20.2 Å². The Labute approximate surface area is 210 Å². The molecule has 0 aromatic heterocycles. The Morgan fingerprint density at radius 1 is 0.941 bits per heavy atom.